The first-order valence-electron chi connectivity index (χ1n) is 7.06. The predicted octanol–water partition coefficient (Wildman–Crippen LogP) is 4.83. The molecule has 0 aliphatic heterocycles. The lowest BCUT2D eigenvalue weighted by atomic mass is 10.1. The Kier molecular flexibility index (Phi) is 4.89. The number of carbonyl (C=O) groups excluding carboxylic acids is 1. The molecule has 0 radical (unpaired) electrons. The number of halogens is 3. The number of esters is 1. The van der Waals surface area contributed by atoms with E-state index in [0.29, 0.717) is 10.0 Å². The molecule has 8 heteroatoms. The zero-order chi connectivity index (χ0) is 18.1. The first-order valence-corrected chi connectivity index (χ1v) is 7.88. The SMILES string of the molecule is COC(=O)c1nc(NC(C)(C)C)sc1-c1cccc(C(F)(F)F)c1. The fourth-order valence-electron chi connectivity index (χ4n) is 1.96. The Morgan fingerprint density at radius 2 is 1.92 bits per heavy atom. The number of anilines is 1. The van der Waals surface area contributed by atoms with Crippen LogP contribution in [0.4, 0.5) is 18.3 Å². The molecule has 2 rings (SSSR count). The molecule has 0 unspecified atom stereocenters. The Morgan fingerprint density at radius 3 is 2.46 bits per heavy atom. The van der Waals surface area contributed by atoms with Gasteiger partial charge in [0.05, 0.1) is 17.6 Å². The van der Waals surface area contributed by atoms with Crippen LogP contribution in [0.25, 0.3) is 10.4 Å². The molecular formula is C16H17F3N2O2S. The third-order valence-corrected chi connectivity index (χ3v) is 3.96. The zero-order valence-electron chi connectivity index (χ0n) is 13.6. The minimum atomic E-state index is -4.46. The molecule has 0 fully saturated rings. The number of rotatable bonds is 3. The summed E-state index contributed by atoms with van der Waals surface area (Å²) in [6, 6.07) is 4.79. The number of ether oxygens (including phenoxy) is 1. The first-order chi connectivity index (χ1) is 11.0. The Labute approximate surface area is 141 Å². The Hall–Kier alpha value is -2.09. The van der Waals surface area contributed by atoms with Crippen molar-refractivity contribution in [2.45, 2.75) is 32.5 Å². The van der Waals surface area contributed by atoms with Crippen molar-refractivity contribution in [2.75, 3.05) is 12.4 Å². The van der Waals surface area contributed by atoms with Gasteiger partial charge in [0.2, 0.25) is 0 Å². The molecule has 2 aromatic rings. The highest BCUT2D eigenvalue weighted by Crippen LogP contribution is 2.37. The number of methoxy groups -OCH3 is 1. The van der Waals surface area contributed by atoms with Crippen LogP contribution < -0.4 is 5.32 Å². The van der Waals surface area contributed by atoms with Crippen LogP contribution in [0.1, 0.15) is 36.8 Å². The summed E-state index contributed by atoms with van der Waals surface area (Å²) in [5.74, 6) is -0.694. The van der Waals surface area contributed by atoms with E-state index in [2.05, 4.69) is 10.3 Å². The predicted molar refractivity (Wildman–Crippen MR) is 87.3 cm³/mol. The average molecular weight is 358 g/mol. The zero-order valence-corrected chi connectivity index (χ0v) is 14.4. The molecule has 0 bridgehead atoms. The number of nitrogens with zero attached hydrogens (tertiary/aromatic N) is 1. The molecule has 0 saturated carbocycles. The van der Waals surface area contributed by atoms with Gasteiger partial charge in [-0.15, -0.1) is 0 Å². The van der Waals surface area contributed by atoms with Gasteiger partial charge in [-0.1, -0.05) is 23.5 Å². The van der Waals surface area contributed by atoms with Crippen LogP contribution in [0.3, 0.4) is 0 Å². The third kappa shape index (κ3) is 4.25. The maximum absolute atomic E-state index is 12.9. The molecule has 0 spiro atoms. The molecular weight excluding hydrogens is 341 g/mol. The number of hydrogen-bond acceptors (Lipinski definition) is 5. The van der Waals surface area contributed by atoms with E-state index in [9.17, 15) is 18.0 Å². The van der Waals surface area contributed by atoms with Crippen molar-refractivity contribution >= 4 is 22.4 Å². The molecule has 1 aromatic carbocycles. The average Bonchev–Trinajstić information content (AvgIpc) is 2.87. The standard InChI is InChI=1S/C16H17F3N2O2S/c1-15(2,3)21-14-20-11(13(22)23-4)12(24-14)9-6-5-7-10(8-9)16(17,18)19/h5-8H,1-4H3,(H,20,21). The van der Waals surface area contributed by atoms with Gasteiger partial charge in [0.15, 0.2) is 10.8 Å². The number of aromatic nitrogens is 1. The summed E-state index contributed by atoms with van der Waals surface area (Å²) in [6.45, 7) is 5.74. The second-order valence-electron chi connectivity index (χ2n) is 6.14. The maximum Gasteiger partial charge on any atom is 0.416 e. The number of nitrogens with one attached hydrogen (secondary N) is 1. The smallest absolute Gasteiger partial charge is 0.416 e. The van der Waals surface area contributed by atoms with E-state index in [1.807, 2.05) is 20.8 Å². The molecule has 1 heterocycles. The number of carbonyl (C=O) groups is 1. The van der Waals surface area contributed by atoms with Gasteiger partial charge >= 0.3 is 12.1 Å². The largest absolute Gasteiger partial charge is 0.464 e. The van der Waals surface area contributed by atoms with Crippen molar-refractivity contribution in [3.8, 4) is 10.4 Å². The lowest BCUT2D eigenvalue weighted by Crippen LogP contribution is -2.25. The van der Waals surface area contributed by atoms with Gasteiger partial charge in [-0.05, 0) is 38.5 Å². The fourth-order valence-corrected chi connectivity index (χ4v) is 3.12. The molecule has 0 aliphatic carbocycles. The molecule has 0 aliphatic rings. The highest BCUT2D eigenvalue weighted by molar-refractivity contribution is 7.19. The number of hydrogen-bond donors (Lipinski definition) is 1. The Morgan fingerprint density at radius 1 is 1.25 bits per heavy atom. The summed E-state index contributed by atoms with van der Waals surface area (Å²) in [7, 11) is 1.20. The van der Waals surface area contributed by atoms with Crippen LogP contribution >= 0.6 is 11.3 Å². The monoisotopic (exact) mass is 358 g/mol. The quantitative estimate of drug-likeness (QED) is 0.799. The molecule has 0 saturated heterocycles. The maximum atomic E-state index is 12.9. The van der Waals surface area contributed by atoms with Gasteiger partial charge in [-0.25, -0.2) is 9.78 Å². The summed E-state index contributed by atoms with van der Waals surface area (Å²) < 4.78 is 43.5. The molecule has 24 heavy (non-hydrogen) atoms. The second-order valence-corrected chi connectivity index (χ2v) is 7.14. The molecule has 130 valence electrons. The van der Waals surface area contributed by atoms with Crippen molar-refractivity contribution in [1.29, 1.82) is 0 Å². The van der Waals surface area contributed by atoms with E-state index in [1.165, 1.54) is 19.2 Å². The van der Waals surface area contributed by atoms with E-state index in [-0.39, 0.29) is 16.8 Å². The van der Waals surface area contributed by atoms with Crippen LogP contribution in [0.5, 0.6) is 0 Å². The lowest BCUT2D eigenvalue weighted by molar-refractivity contribution is -0.137. The molecule has 4 nitrogen and oxygen atoms in total. The van der Waals surface area contributed by atoms with Crippen LogP contribution in [0, 0.1) is 0 Å². The topological polar surface area (TPSA) is 51.2 Å². The highest BCUT2D eigenvalue weighted by atomic mass is 32.1. The minimum absolute atomic E-state index is 0.00595. The van der Waals surface area contributed by atoms with Crippen LogP contribution in [-0.4, -0.2) is 23.6 Å². The summed E-state index contributed by atoms with van der Waals surface area (Å²) >= 11 is 1.11. The number of benzene rings is 1. The van der Waals surface area contributed by atoms with Crippen LogP contribution in [0.2, 0.25) is 0 Å². The van der Waals surface area contributed by atoms with Gasteiger partial charge < -0.3 is 10.1 Å². The normalized spacial score (nSPS) is 12.1. The number of alkyl halides is 3. The van der Waals surface area contributed by atoms with Gasteiger partial charge in [0, 0.05) is 5.54 Å². The van der Waals surface area contributed by atoms with Crippen molar-refractivity contribution in [1.82, 2.24) is 4.98 Å². The fraction of sp³-hybridized carbons (Fsp3) is 0.375. The summed E-state index contributed by atoms with van der Waals surface area (Å²) in [4.78, 5) is 16.5. The minimum Gasteiger partial charge on any atom is -0.464 e. The van der Waals surface area contributed by atoms with Crippen molar-refractivity contribution in [3.63, 3.8) is 0 Å². The number of thiazole rings is 1. The molecule has 0 amide bonds. The lowest BCUT2D eigenvalue weighted by Gasteiger charge is -2.19. The van der Waals surface area contributed by atoms with E-state index in [4.69, 9.17) is 4.74 Å². The third-order valence-electron chi connectivity index (χ3n) is 2.94. The summed E-state index contributed by atoms with van der Waals surface area (Å²) in [6.07, 6.45) is -4.46. The Bertz CT molecular complexity index is 749. The van der Waals surface area contributed by atoms with Gasteiger partial charge in [-0.2, -0.15) is 13.2 Å². The first kappa shape index (κ1) is 18.3. The van der Waals surface area contributed by atoms with E-state index < -0.39 is 17.7 Å². The highest BCUT2D eigenvalue weighted by Gasteiger charge is 2.31. The Balaban J connectivity index is 2.54. The van der Waals surface area contributed by atoms with E-state index in [1.54, 1.807) is 0 Å². The van der Waals surface area contributed by atoms with Gasteiger partial charge in [0.25, 0.3) is 0 Å². The van der Waals surface area contributed by atoms with E-state index in [0.717, 1.165) is 23.5 Å². The van der Waals surface area contributed by atoms with Gasteiger partial charge in [-0.3, -0.25) is 0 Å². The van der Waals surface area contributed by atoms with Crippen molar-refractivity contribution in [2.24, 2.45) is 0 Å². The summed E-state index contributed by atoms with van der Waals surface area (Å²) in [5.41, 5.74) is -0.830. The van der Waals surface area contributed by atoms with Crippen LogP contribution in [0.15, 0.2) is 24.3 Å². The van der Waals surface area contributed by atoms with Gasteiger partial charge in [0.1, 0.15) is 0 Å². The second kappa shape index (κ2) is 6.43. The molecule has 1 N–H and O–H groups in total. The molecule has 1 aromatic heterocycles. The molecule has 0 atom stereocenters. The van der Waals surface area contributed by atoms with Crippen molar-refractivity contribution < 1.29 is 22.7 Å². The van der Waals surface area contributed by atoms with Crippen molar-refractivity contribution in [3.05, 3.63) is 35.5 Å². The van der Waals surface area contributed by atoms with Crippen LogP contribution in [-0.2, 0) is 10.9 Å². The van der Waals surface area contributed by atoms with E-state index >= 15 is 0 Å². The summed E-state index contributed by atoms with van der Waals surface area (Å²) in [5, 5.41) is 3.55.